The van der Waals surface area contributed by atoms with E-state index in [1.807, 2.05) is 6.92 Å². The zero-order chi connectivity index (χ0) is 30.1. The zero-order valence-corrected chi connectivity index (χ0v) is 24.9. The van der Waals surface area contributed by atoms with Crippen molar-refractivity contribution in [1.82, 2.24) is 5.32 Å². The summed E-state index contributed by atoms with van der Waals surface area (Å²) in [7, 11) is -2.33. The van der Waals surface area contributed by atoms with Crippen LogP contribution in [0.1, 0.15) is 38.3 Å². The summed E-state index contributed by atoms with van der Waals surface area (Å²) in [6, 6.07) is 26.7. The van der Waals surface area contributed by atoms with Gasteiger partial charge in [-0.05, 0) is 73.0 Å². The number of sulfonamides is 1. The van der Waals surface area contributed by atoms with Crippen molar-refractivity contribution in [3.05, 3.63) is 124 Å². The van der Waals surface area contributed by atoms with Crippen molar-refractivity contribution in [2.24, 2.45) is 0 Å². The molecular formula is C32H32ClN3O5S. The van der Waals surface area contributed by atoms with Crippen LogP contribution in [-0.4, -0.2) is 40.5 Å². The van der Waals surface area contributed by atoms with Crippen molar-refractivity contribution in [3.8, 4) is 0 Å². The monoisotopic (exact) mass is 605 g/mol. The van der Waals surface area contributed by atoms with Crippen LogP contribution in [0, 0.1) is 6.92 Å². The average Bonchev–Trinajstić information content (AvgIpc) is 3.00. The molecule has 0 aromatic heterocycles. The molecule has 0 radical (unpaired) electrons. The third-order valence-corrected chi connectivity index (χ3v) is 8.55. The summed E-state index contributed by atoms with van der Waals surface area (Å²) in [5.74, 6) is -0.700. The first kappa shape index (κ1) is 30.8. The van der Waals surface area contributed by atoms with E-state index >= 15 is 0 Å². The molecule has 0 heterocycles. The molecular weight excluding hydrogens is 574 g/mol. The van der Waals surface area contributed by atoms with Gasteiger partial charge in [-0.2, -0.15) is 0 Å². The lowest BCUT2D eigenvalue weighted by molar-refractivity contribution is 0.0949. The van der Waals surface area contributed by atoms with Gasteiger partial charge in [-0.15, -0.1) is 0 Å². The number of aryl methyl sites for hydroxylation is 1. The van der Waals surface area contributed by atoms with Gasteiger partial charge in [0.05, 0.1) is 28.4 Å². The summed E-state index contributed by atoms with van der Waals surface area (Å²) in [4.78, 5) is 25.9. The maximum atomic E-state index is 13.7. The van der Waals surface area contributed by atoms with Gasteiger partial charge >= 0.3 is 0 Å². The normalized spacial score (nSPS) is 11.1. The van der Waals surface area contributed by atoms with E-state index in [2.05, 4.69) is 10.6 Å². The fourth-order valence-corrected chi connectivity index (χ4v) is 5.99. The Hall–Kier alpha value is -4.18. The summed E-state index contributed by atoms with van der Waals surface area (Å²) in [6.45, 7) is 2.82. The first-order valence-electron chi connectivity index (χ1n) is 13.3. The maximum absolute atomic E-state index is 13.7. The molecule has 4 aromatic carbocycles. The summed E-state index contributed by atoms with van der Waals surface area (Å²) in [5.41, 5.74) is 2.96. The number of nitrogens with one attached hydrogen (secondary N) is 2. The van der Waals surface area contributed by atoms with Crippen LogP contribution in [0.5, 0.6) is 0 Å². The largest absolute Gasteiger partial charge is 0.385 e. The van der Waals surface area contributed by atoms with Gasteiger partial charge in [0.1, 0.15) is 0 Å². The van der Waals surface area contributed by atoms with E-state index in [9.17, 15) is 18.0 Å². The molecule has 4 rings (SSSR count). The third kappa shape index (κ3) is 7.55. The van der Waals surface area contributed by atoms with Crippen LogP contribution in [0.15, 0.2) is 102 Å². The number of carbonyl (C=O) groups is 2. The highest BCUT2D eigenvalue weighted by Crippen LogP contribution is 2.31. The van der Waals surface area contributed by atoms with Gasteiger partial charge in [0.2, 0.25) is 0 Å². The molecule has 8 nitrogen and oxygen atoms in total. The fourth-order valence-electron chi connectivity index (χ4n) is 4.30. The van der Waals surface area contributed by atoms with Gasteiger partial charge in [0.25, 0.3) is 21.8 Å². The lowest BCUT2D eigenvalue weighted by atomic mass is 10.1. The molecule has 0 saturated carbocycles. The first-order chi connectivity index (χ1) is 20.2. The smallest absolute Gasteiger partial charge is 0.264 e. The molecule has 218 valence electrons. The minimum atomic E-state index is -3.93. The molecule has 2 amide bonds. The van der Waals surface area contributed by atoms with Gasteiger partial charge in [0.15, 0.2) is 0 Å². The molecule has 0 fully saturated rings. The summed E-state index contributed by atoms with van der Waals surface area (Å²) in [6.07, 6.45) is 0.671. The van der Waals surface area contributed by atoms with Gasteiger partial charge in [-0.25, -0.2) is 8.42 Å². The number of benzene rings is 4. The van der Waals surface area contributed by atoms with Crippen LogP contribution in [0.4, 0.5) is 11.4 Å². The highest BCUT2D eigenvalue weighted by atomic mass is 35.5. The van der Waals surface area contributed by atoms with Crippen LogP contribution in [0.3, 0.4) is 0 Å². The Labute approximate surface area is 251 Å². The van der Waals surface area contributed by atoms with Crippen LogP contribution in [0.2, 0.25) is 5.02 Å². The topological polar surface area (TPSA) is 105 Å². The van der Waals surface area contributed by atoms with Crippen molar-refractivity contribution in [1.29, 1.82) is 0 Å². The summed E-state index contributed by atoms with van der Waals surface area (Å²) < 4.78 is 33.8. The van der Waals surface area contributed by atoms with Crippen molar-refractivity contribution in [3.63, 3.8) is 0 Å². The van der Waals surface area contributed by atoms with Gasteiger partial charge in [-0.1, -0.05) is 60.1 Å². The zero-order valence-electron chi connectivity index (χ0n) is 23.3. The minimum Gasteiger partial charge on any atom is -0.385 e. The molecule has 0 atom stereocenters. The van der Waals surface area contributed by atoms with Crippen LogP contribution >= 0.6 is 11.6 Å². The molecule has 4 aromatic rings. The summed E-state index contributed by atoms with van der Waals surface area (Å²) >= 11 is 6.25. The van der Waals surface area contributed by atoms with E-state index < -0.39 is 15.9 Å². The van der Waals surface area contributed by atoms with Crippen molar-refractivity contribution >= 4 is 44.8 Å². The van der Waals surface area contributed by atoms with E-state index in [-0.39, 0.29) is 17.3 Å². The van der Waals surface area contributed by atoms with Crippen molar-refractivity contribution < 1.29 is 22.7 Å². The number of para-hydroxylation sites is 1. The number of halogens is 1. The average molecular weight is 606 g/mol. The number of hydrogen-bond acceptors (Lipinski definition) is 5. The number of anilines is 2. The molecule has 0 aliphatic rings. The van der Waals surface area contributed by atoms with Gasteiger partial charge < -0.3 is 15.4 Å². The predicted octanol–water partition coefficient (Wildman–Crippen LogP) is 6.06. The van der Waals surface area contributed by atoms with Crippen molar-refractivity contribution in [2.75, 3.05) is 29.9 Å². The molecule has 0 spiro atoms. The molecule has 0 aliphatic heterocycles. The molecule has 10 heteroatoms. The molecule has 2 N–H and O–H groups in total. The van der Waals surface area contributed by atoms with Crippen LogP contribution < -0.4 is 14.9 Å². The van der Waals surface area contributed by atoms with E-state index in [0.717, 1.165) is 5.56 Å². The highest BCUT2D eigenvalue weighted by molar-refractivity contribution is 7.92. The van der Waals surface area contributed by atoms with E-state index in [0.29, 0.717) is 52.7 Å². The molecule has 42 heavy (non-hydrogen) atoms. The number of ether oxygens (including phenoxy) is 1. The molecule has 0 unspecified atom stereocenters. The summed E-state index contributed by atoms with van der Waals surface area (Å²) in [5, 5.41) is 6.05. The molecule has 0 aliphatic carbocycles. The Kier molecular flexibility index (Phi) is 10.4. The van der Waals surface area contributed by atoms with Crippen LogP contribution in [-0.2, 0) is 21.3 Å². The number of carbonyl (C=O) groups excluding carboxylic acids is 2. The Bertz CT molecular complexity index is 1640. The number of amides is 2. The van der Waals surface area contributed by atoms with Crippen LogP contribution in [0.25, 0.3) is 0 Å². The quantitative estimate of drug-likeness (QED) is 0.191. The Morgan fingerprint density at radius 2 is 1.57 bits per heavy atom. The fraction of sp³-hybridized carbons (Fsp3) is 0.188. The highest BCUT2D eigenvalue weighted by Gasteiger charge is 2.26. The third-order valence-electron chi connectivity index (χ3n) is 6.54. The predicted molar refractivity (Wildman–Crippen MR) is 166 cm³/mol. The SMILES string of the molecule is COCCCNC(=O)c1ccccc1NC(=O)c1ccc(CN(c2cc(Cl)ccc2C)S(=O)(=O)c2ccccc2)cc1. The minimum absolute atomic E-state index is 0.0202. The Balaban J connectivity index is 1.54. The second kappa shape index (κ2) is 14.1. The second-order valence-electron chi connectivity index (χ2n) is 9.55. The standard InChI is InChI=1S/C32H32ClN3O5S/c1-23-13-18-26(33)21-30(23)36(42(39,40)27-9-4-3-5-10-27)22-24-14-16-25(17-15-24)31(37)35-29-12-7-6-11-28(29)32(38)34-19-8-20-41-2/h3-7,9-18,21H,8,19-20,22H2,1-2H3,(H,34,38)(H,35,37). The lowest BCUT2D eigenvalue weighted by Gasteiger charge is -2.26. The van der Waals surface area contributed by atoms with E-state index in [4.69, 9.17) is 16.3 Å². The lowest BCUT2D eigenvalue weighted by Crippen LogP contribution is -2.31. The number of rotatable bonds is 12. The Morgan fingerprint density at radius 1 is 0.881 bits per heavy atom. The molecule has 0 saturated heterocycles. The second-order valence-corrected chi connectivity index (χ2v) is 11.9. The van der Waals surface area contributed by atoms with Crippen molar-refractivity contribution in [2.45, 2.75) is 24.8 Å². The van der Waals surface area contributed by atoms with E-state index in [1.54, 1.807) is 104 Å². The maximum Gasteiger partial charge on any atom is 0.264 e. The van der Waals surface area contributed by atoms with Gasteiger partial charge in [0, 0.05) is 30.8 Å². The first-order valence-corrected chi connectivity index (χ1v) is 15.1. The van der Waals surface area contributed by atoms with Gasteiger partial charge in [-0.3, -0.25) is 13.9 Å². The molecule has 0 bridgehead atoms. The van der Waals surface area contributed by atoms with E-state index in [1.165, 1.54) is 4.31 Å². The number of nitrogens with zero attached hydrogens (tertiary/aromatic N) is 1. The Morgan fingerprint density at radius 3 is 2.29 bits per heavy atom. The number of hydrogen-bond donors (Lipinski definition) is 2. The number of methoxy groups -OCH3 is 1.